The number of halogens is 1. The molecular formula is C10H20FNO3. The minimum atomic E-state index is -0.728. The van der Waals surface area contributed by atoms with E-state index >= 15 is 0 Å². The van der Waals surface area contributed by atoms with Crippen molar-refractivity contribution in [2.24, 2.45) is 0 Å². The van der Waals surface area contributed by atoms with Gasteiger partial charge in [0.05, 0.1) is 7.11 Å². The monoisotopic (exact) mass is 221 g/mol. The topological polar surface area (TPSA) is 38.8 Å². The summed E-state index contributed by atoms with van der Waals surface area (Å²) in [7, 11) is 2.81. The number of nitrogens with zero attached hydrogens (tertiary/aromatic N) is 1. The van der Waals surface area contributed by atoms with Crippen molar-refractivity contribution >= 4 is 5.91 Å². The number of hydrogen-bond acceptors (Lipinski definition) is 3. The Kier molecular flexibility index (Phi) is 12.2. The molecule has 15 heavy (non-hydrogen) atoms. The largest absolute Gasteiger partial charge is 0.362 e. The van der Waals surface area contributed by atoms with Crippen molar-refractivity contribution in [3.8, 4) is 0 Å². The number of hydrogen-bond donors (Lipinski definition) is 0. The molecule has 1 amide bonds. The second-order valence-electron chi connectivity index (χ2n) is 2.31. The fraction of sp³-hybridized carbons (Fsp3) is 0.700. The van der Waals surface area contributed by atoms with Crippen LogP contribution in [0.5, 0.6) is 0 Å². The van der Waals surface area contributed by atoms with Crippen LogP contribution >= 0.6 is 0 Å². The predicted molar refractivity (Wildman–Crippen MR) is 57.0 cm³/mol. The predicted octanol–water partition coefficient (Wildman–Crippen LogP) is 1.57. The zero-order chi connectivity index (χ0) is 12.3. The van der Waals surface area contributed by atoms with Crippen LogP contribution in [-0.2, 0) is 14.4 Å². The van der Waals surface area contributed by atoms with Crippen LogP contribution in [-0.4, -0.2) is 44.5 Å². The molecule has 0 rings (SSSR count). The Bertz CT molecular complexity index is 176. The summed E-state index contributed by atoms with van der Waals surface area (Å²) in [4.78, 5) is 15.6. The van der Waals surface area contributed by atoms with Crippen LogP contribution in [0.1, 0.15) is 13.8 Å². The van der Waals surface area contributed by atoms with Crippen LogP contribution in [0.4, 0.5) is 4.39 Å². The van der Waals surface area contributed by atoms with Gasteiger partial charge in [-0.05, 0) is 0 Å². The fourth-order valence-electron chi connectivity index (χ4n) is 0.547. The summed E-state index contributed by atoms with van der Waals surface area (Å²) in [5, 5.41) is 1.01. The van der Waals surface area contributed by atoms with Crippen LogP contribution in [0.15, 0.2) is 12.7 Å². The van der Waals surface area contributed by atoms with E-state index in [-0.39, 0.29) is 12.5 Å². The summed E-state index contributed by atoms with van der Waals surface area (Å²) < 4.78 is 16.9. The van der Waals surface area contributed by atoms with Crippen molar-refractivity contribution in [1.82, 2.24) is 5.06 Å². The van der Waals surface area contributed by atoms with Gasteiger partial charge in [-0.1, -0.05) is 19.9 Å². The molecule has 0 bridgehead atoms. The van der Waals surface area contributed by atoms with Crippen LogP contribution in [0.25, 0.3) is 0 Å². The molecule has 0 aliphatic heterocycles. The Labute approximate surface area is 90.6 Å². The Balaban J connectivity index is 0. The number of carbonyl (C=O) groups is 1. The van der Waals surface area contributed by atoms with E-state index in [1.165, 1.54) is 20.2 Å². The molecule has 0 aliphatic rings. The Morgan fingerprint density at radius 2 is 2.13 bits per heavy atom. The van der Waals surface area contributed by atoms with E-state index in [1.54, 1.807) is 0 Å². The molecule has 0 spiro atoms. The van der Waals surface area contributed by atoms with Crippen LogP contribution in [0.2, 0.25) is 0 Å². The molecule has 0 aromatic carbocycles. The minimum absolute atomic E-state index is 0.217. The van der Waals surface area contributed by atoms with E-state index in [1.807, 2.05) is 13.8 Å². The van der Waals surface area contributed by atoms with Gasteiger partial charge in [0.2, 0.25) is 0 Å². The standard InChI is InChI=1S/C8H14FNO3.C2H6/c1-4-7(5-9)13-6-8(11)10(2)12-3;1-2/h4,7H,1,5-6H2,2-3H3;1-2H3. The van der Waals surface area contributed by atoms with Gasteiger partial charge in [0.15, 0.2) is 0 Å². The van der Waals surface area contributed by atoms with E-state index in [4.69, 9.17) is 4.74 Å². The molecule has 0 aliphatic carbocycles. The summed E-state index contributed by atoms with van der Waals surface area (Å²) in [5.41, 5.74) is 0. The average Bonchev–Trinajstić information content (AvgIpc) is 2.31. The van der Waals surface area contributed by atoms with E-state index in [2.05, 4.69) is 11.4 Å². The van der Waals surface area contributed by atoms with Crippen LogP contribution < -0.4 is 0 Å². The molecule has 4 nitrogen and oxygen atoms in total. The van der Waals surface area contributed by atoms with Gasteiger partial charge in [-0.15, -0.1) is 6.58 Å². The lowest BCUT2D eigenvalue weighted by atomic mass is 10.4. The third-order valence-electron chi connectivity index (χ3n) is 1.46. The van der Waals surface area contributed by atoms with Gasteiger partial charge in [0.1, 0.15) is 19.4 Å². The zero-order valence-electron chi connectivity index (χ0n) is 9.83. The number of amides is 1. The molecule has 0 aromatic rings. The van der Waals surface area contributed by atoms with Gasteiger partial charge in [-0.2, -0.15) is 0 Å². The molecule has 1 atom stereocenters. The number of ether oxygens (including phenoxy) is 1. The quantitative estimate of drug-likeness (QED) is 0.505. The molecule has 0 heterocycles. The average molecular weight is 221 g/mol. The molecule has 0 radical (unpaired) electrons. The first-order valence-electron chi connectivity index (χ1n) is 4.76. The number of carbonyl (C=O) groups excluding carboxylic acids is 1. The van der Waals surface area contributed by atoms with E-state index in [9.17, 15) is 9.18 Å². The second-order valence-corrected chi connectivity index (χ2v) is 2.31. The maximum atomic E-state index is 12.0. The van der Waals surface area contributed by atoms with Gasteiger partial charge < -0.3 is 4.74 Å². The van der Waals surface area contributed by atoms with E-state index < -0.39 is 12.8 Å². The van der Waals surface area contributed by atoms with Gasteiger partial charge >= 0.3 is 0 Å². The summed E-state index contributed by atoms with van der Waals surface area (Å²) >= 11 is 0. The van der Waals surface area contributed by atoms with E-state index in [0.29, 0.717) is 0 Å². The first-order chi connectivity index (χ1) is 7.15. The van der Waals surface area contributed by atoms with Crippen molar-refractivity contribution < 1.29 is 18.8 Å². The van der Waals surface area contributed by atoms with E-state index in [0.717, 1.165) is 5.06 Å². The number of rotatable bonds is 6. The molecule has 0 fully saturated rings. The normalized spacial score (nSPS) is 11.0. The number of alkyl halides is 1. The molecular weight excluding hydrogens is 201 g/mol. The molecule has 0 N–H and O–H groups in total. The second kappa shape index (κ2) is 11.1. The number of hydroxylamine groups is 2. The first-order valence-corrected chi connectivity index (χ1v) is 4.76. The molecule has 5 heteroatoms. The van der Waals surface area contributed by atoms with Crippen molar-refractivity contribution in [3.05, 3.63) is 12.7 Å². The van der Waals surface area contributed by atoms with Crippen molar-refractivity contribution in [1.29, 1.82) is 0 Å². The van der Waals surface area contributed by atoms with Gasteiger partial charge in [-0.3, -0.25) is 9.63 Å². The third-order valence-corrected chi connectivity index (χ3v) is 1.46. The lowest BCUT2D eigenvalue weighted by molar-refractivity contribution is -0.174. The summed E-state index contributed by atoms with van der Waals surface area (Å²) in [5.74, 6) is -0.372. The zero-order valence-corrected chi connectivity index (χ0v) is 9.83. The first kappa shape index (κ1) is 16.5. The molecule has 1 unspecified atom stereocenters. The Morgan fingerprint density at radius 1 is 1.60 bits per heavy atom. The molecule has 0 aromatic heterocycles. The summed E-state index contributed by atoms with van der Waals surface area (Å²) in [6, 6.07) is 0. The maximum Gasteiger partial charge on any atom is 0.271 e. The molecule has 0 saturated carbocycles. The SMILES string of the molecule is C=CC(CF)OCC(=O)N(C)OC.CC. The highest BCUT2D eigenvalue weighted by molar-refractivity contribution is 5.76. The van der Waals surface area contributed by atoms with Crippen molar-refractivity contribution in [2.75, 3.05) is 27.4 Å². The lowest BCUT2D eigenvalue weighted by Crippen LogP contribution is -2.31. The van der Waals surface area contributed by atoms with Crippen LogP contribution in [0, 0.1) is 0 Å². The van der Waals surface area contributed by atoms with Crippen molar-refractivity contribution in [3.63, 3.8) is 0 Å². The highest BCUT2D eigenvalue weighted by atomic mass is 19.1. The summed E-state index contributed by atoms with van der Waals surface area (Å²) in [6.07, 6.45) is 0.578. The van der Waals surface area contributed by atoms with Gasteiger partial charge in [0, 0.05) is 7.05 Å². The number of likely N-dealkylation sites (N-methyl/N-ethyl adjacent to an activating group) is 1. The van der Waals surface area contributed by atoms with Crippen LogP contribution in [0.3, 0.4) is 0 Å². The maximum absolute atomic E-state index is 12.0. The molecule has 0 saturated heterocycles. The molecule has 90 valence electrons. The lowest BCUT2D eigenvalue weighted by Gasteiger charge is -2.15. The van der Waals surface area contributed by atoms with Gasteiger partial charge in [-0.25, -0.2) is 9.45 Å². The Morgan fingerprint density at radius 3 is 2.47 bits per heavy atom. The highest BCUT2D eigenvalue weighted by Crippen LogP contribution is 1.95. The smallest absolute Gasteiger partial charge is 0.271 e. The highest BCUT2D eigenvalue weighted by Gasteiger charge is 2.11. The summed E-state index contributed by atoms with van der Waals surface area (Å²) in [6.45, 7) is 6.45. The van der Waals surface area contributed by atoms with Crippen molar-refractivity contribution in [2.45, 2.75) is 20.0 Å². The fourth-order valence-corrected chi connectivity index (χ4v) is 0.547. The third kappa shape index (κ3) is 8.08. The minimum Gasteiger partial charge on any atom is -0.362 e. The van der Waals surface area contributed by atoms with Gasteiger partial charge in [0.25, 0.3) is 5.91 Å². The Hall–Kier alpha value is -0.940.